The highest BCUT2D eigenvalue weighted by molar-refractivity contribution is 5.46. The van der Waals surface area contributed by atoms with Gasteiger partial charge in [0.25, 0.3) is 0 Å². The van der Waals surface area contributed by atoms with Gasteiger partial charge in [-0.25, -0.2) is 0 Å². The van der Waals surface area contributed by atoms with E-state index in [-0.39, 0.29) is 6.54 Å². The van der Waals surface area contributed by atoms with Crippen molar-refractivity contribution in [1.29, 1.82) is 0 Å². The number of rotatable bonds is 6. The number of ether oxygens (including phenoxy) is 2. The molecule has 4 nitrogen and oxygen atoms in total. The summed E-state index contributed by atoms with van der Waals surface area (Å²) in [6.45, 7) is 2.26. The second-order valence-corrected chi connectivity index (χ2v) is 4.06. The predicted molar refractivity (Wildman–Crippen MR) is 67.7 cm³/mol. The number of aliphatic hydroxyl groups is 1. The lowest BCUT2D eigenvalue weighted by Gasteiger charge is -2.14. The van der Waals surface area contributed by atoms with Crippen molar-refractivity contribution in [3.8, 4) is 11.5 Å². The smallest absolute Gasteiger partial charge is 0.122 e. The van der Waals surface area contributed by atoms with Gasteiger partial charge in [0.1, 0.15) is 11.5 Å². The predicted octanol–water partition coefficient (Wildman–Crippen LogP) is 1.26. The highest BCUT2D eigenvalue weighted by Gasteiger charge is 2.10. The van der Waals surface area contributed by atoms with Gasteiger partial charge >= 0.3 is 0 Å². The van der Waals surface area contributed by atoms with Crippen LogP contribution in [0, 0.1) is 6.92 Å². The summed E-state index contributed by atoms with van der Waals surface area (Å²) in [5.41, 5.74) is 7.45. The van der Waals surface area contributed by atoms with Crippen molar-refractivity contribution in [2.24, 2.45) is 5.73 Å². The largest absolute Gasteiger partial charge is 0.496 e. The van der Waals surface area contributed by atoms with E-state index in [0.29, 0.717) is 6.42 Å². The highest BCUT2D eigenvalue weighted by Crippen LogP contribution is 2.29. The quantitative estimate of drug-likeness (QED) is 0.784. The third kappa shape index (κ3) is 3.61. The second-order valence-electron chi connectivity index (χ2n) is 4.06. The zero-order valence-electron chi connectivity index (χ0n) is 10.7. The summed E-state index contributed by atoms with van der Waals surface area (Å²) in [6.07, 6.45) is 0.879. The van der Waals surface area contributed by atoms with Crippen LogP contribution in [0.1, 0.15) is 17.5 Å². The Kier molecular flexibility index (Phi) is 5.25. The molecule has 0 aliphatic heterocycles. The van der Waals surface area contributed by atoms with Crippen LogP contribution in [0.3, 0.4) is 0 Å². The number of benzene rings is 1. The molecular formula is C13H21NO3. The first-order chi connectivity index (χ1) is 8.12. The van der Waals surface area contributed by atoms with E-state index in [0.717, 1.165) is 29.0 Å². The SMILES string of the molecule is COc1cc(CCC(O)CN)c(OC)cc1C. The van der Waals surface area contributed by atoms with Crippen LogP contribution >= 0.6 is 0 Å². The van der Waals surface area contributed by atoms with Crippen molar-refractivity contribution in [2.45, 2.75) is 25.9 Å². The Bertz CT molecular complexity index is 366. The summed E-state index contributed by atoms with van der Waals surface area (Å²) in [6, 6.07) is 3.90. The molecule has 96 valence electrons. The number of aliphatic hydroxyl groups excluding tert-OH is 1. The minimum Gasteiger partial charge on any atom is -0.496 e. The summed E-state index contributed by atoms with van der Waals surface area (Å²) in [5, 5.41) is 9.47. The van der Waals surface area contributed by atoms with Crippen LogP contribution in [0.5, 0.6) is 11.5 Å². The molecule has 0 amide bonds. The van der Waals surface area contributed by atoms with Gasteiger partial charge in [0.05, 0.1) is 20.3 Å². The van der Waals surface area contributed by atoms with Gasteiger partial charge in [-0.2, -0.15) is 0 Å². The first-order valence-electron chi connectivity index (χ1n) is 5.72. The van der Waals surface area contributed by atoms with Gasteiger partial charge in [-0.05, 0) is 43.0 Å². The Morgan fingerprint density at radius 3 is 2.41 bits per heavy atom. The van der Waals surface area contributed by atoms with E-state index in [1.54, 1.807) is 14.2 Å². The molecule has 0 aliphatic rings. The maximum absolute atomic E-state index is 9.47. The third-order valence-corrected chi connectivity index (χ3v) is 2.82. The molecule has 1 rings (SSSR count). The number of hydrogen-bond acceptors (Lipinski definition) is 4. The molecule has 0 spiro atoms. The van der Waals surface area contributed by atoms with Crippen LogP contribution < -0.4 is 15.2 Å². The van der Waals surface area contributed by atoms with Crippen molar-refractivity contribution >= 4 is 0 Å². The van der Waals surface area contributed by atoms with Crippen LogP contribution in [-0.4, -0.2) is 32.0 Å². The van der Waals surface area contributed by atoms with Crippen LogP contribution in [0.15, 0.2) is 12.1 Å². The summed E-state index contributed by atoms with van der Waals surface area (Å²) in [7, 11) is 3.29. The molecule has 0 bridgehead atoms. The fourth-order valence-corrected chi connectivity index (χ4v) is 1.75. The molecule has 0 aliphatic carbocycles. The Labute approximate surface area is 102 Å². The minimum absolute atomic E-state index is 0.283. The lowest BCUT2D eigenvalue weighted by molar-refractivity contribution is 0.173. The van der Waals surface area contributed by atoms with Gasteiger partial charge < -0.3 is 20.3 Å². The number of aryl methyl sites for hydroxylation is 2. The molecule has 0 saturated heterocycles. The van der Waals surface area contributed by atoms with Crippen LogP contribution in [0.4, 0.5) is 0 Å². The van der Waals surface area contributed by atoms with Crippen molar-refractivity contribution in [3.63, 3.8) is 0 Å². The van der Waals surface area contributed by atoms with E-state index in [9.17, 15) is 5.11 Å². The molecule has 0 radical (unpaired) electrons. The molecule has 1 unspecified atom stereocenters. The minimum atomic E-state index is -0.466. The molecule has 3 N–H and O–H groups in total. The summed E-state index contributed by atoms with van der Waals surface area (Å²) in [5.74, 6) is 1.66. The van der Waals surface area contributed by atoms with Gasteiger partial charge in [0.2, 0.25) is 0 Å². The summed E-state index contributed by atoms with van der Waals surface area (Å²) < 4.78 is 10.6. The molecule has 0 saturated carbocycles. The normalized spacial score (nSPS) is 12.3. The van der Waals surface area contributed by atoms with E-state index in [1.807, 2.05) is 19.1 Å². The van der Waals surface area contributed by atoms with E-state index < -0.39 is 6.10 Å². The Hall–Kier alpha value is -1.26. The third-order valence-electron chi connectivity index (χ3n) is 2.82. The topological polar surface area (TPSA) is 64.7 Å². The van der Waals surface area contributed by atoms with Crippen molar-refractivity contribution in [1.82, 2.24) is 0 Å². The Balaban J connectivity index is 2.88. The van der Waals surface area contributed by atoms with E-state index in [4.69, 9.17) is 15.2 Å². The Morgan fingerprint density at radius 1 is 1.24 bits per heavy atom. The van der Waals surface area contributed by atoms with Crippen molar-refractivity contribution in [3.05, 3.63) is 23.3 Å². The zero-order chi connectivity index (χ0) is 12.8. The lowest BCUT2D eigenvalue weighted by Crippen LogP contribution is -2.20. The molecule has 0 aromatic heterocycles. The number of nitrogens with two attached hydrogens (primary N) is 1. The number of methoxy groups -OCH3 is 2. The van der Waals surface area contributed by atoms with Gasteiger partial charge in [0, 0.05) is 6.54 Å². The standard InChI is InChI=1S/C13H21NO3/c1-9-6-13(17-3)10(7-12(9)16-2)4-5-11(15)8-14/h6-7,11,15H,4-5,8,14H2,1-3H3. The lowest BCUT2D eigenvalue weighted by atomic mass is 10.0. The van der Waals surface area contributed by atoms with E-state index >= 15 is 0 Å². The van der Waals surface area contributed by atoms with Gasteiger partial charge in [-0.3, -0.25) is 0 Å². The average molecular weight is 239 g/mol. The second kappa shape index (κ2) is 6.47. The fraction of sp³-hybridized carbons (Fsp3) is 0.538. The maximum atomic E-state index is 9.47. The van der Waals surface area contributed by atoms with Gasteiger partial charge in [0.15, 0.2) is 0 Å². The molecule has 1 aromatic rings. The molecule has 0 fully saturated rings. The molecular weight excluding hydrogens is 218 g/mol. The molecule has 17 heavy (non-hydrogen) atoms. The zero-order valence-corrected chi connectivity index (χ0v) is 10.7. The number of hydrogen-bond donors (Lipinski definition) is 2. The van der Waals surface area contributed by atoms with Gasteiger partial charge in [-0.15, -0.1) is 0 Å². The molecule has 4 heteroatoms. The fourth-order valence-electron chi connectivity index (χ4n) is 1.75. The van der Waals surface area contributed by atoms with Gasteiger partial charge in [-0.1, -0.05) is 0 Å². The van der Waals surface area contributed by atoms with Crippen molar-refractivity contribution in [2.75, 3.05) is 20.8 Å². The summed E-state index contributed by atoms with van der Waals surface area (Å²) in [4.78, 5) is 0. The first kappa shape index (κ1) is 13.8. The maximum Gasteiger partial charge on any atom is 0.122 e. The molecule has 1 aromatic carbocycles. The summed E-state index contributed by atoms with van der Waals surface area (Å²) >= 11 is 0. The molecule has 1 atom stereocenters. The van der Waals surface area contributed by atoms with Crippen LogP contribution in [-0.2, 0) is 6.42 Å². The first-order valence-corrected chi connectivity index (χ1v) is 5.72. The highest BCUT2D eigenvalue weighted by atomic mass is 16.5. The monoisotopic (exact) mass is 239 g/mol. The van der Waals surface area contributed by atoms with E-state index in [2.05, 4.69) is 0 Å². The molecule has 0 heterocycles. The van der Waals surface area contributed by atoms with Crippen molar-refractivity contribution < 1.29 is 14.6 Å². The average Bonchev–Trinajstić information content (AvgIpc) is 2.36. The Morgan fingerprint density at radius 2 is 1.88 bits per heavy atom. The van der Waals surface area contributed by atoms with Crippen LogP contribution in [0.25, 0.3) is 0 Å². The van der Waals surface area contributed by atoms with Crippen LogP contribution in [0.2, 0.25) is 0 Å². The van der Waals surface area contributed by atoms with E-state index in [1.165, 1.54) is 0 Å².